The average molecular weight is 441 g/mol. The Balaban J connectivity index is 1.53. The van der Waals surface area contributed by atoms with Crippen LogP contribution in [-0.2, 0) is 12.3 Å². The number of ether oxygens (including phenoxy) is 2. The predicted molar refractivity (Wildman–Crippen MR) is 121 cm³/mol. The Morgan fingerprint density at radius 3 is 2.80 bits per heavy atom. The van der Waals surface area contributed by atoms with E-state index in [9.17, 15) is 4.79 Å². The number of nitrogens with zero attached hydrogens (tertiary/aromatic N) is 2. The SMILES string of the molecule is CCN(Cc1cccc2c1OCCO2)C(=O)c1ccccc1SCc1csc(C)n1. The molecule has 0 N–H and O–H groups in total. The highest BCUT2D eigenvalue weighted by Crippen LogP contribution is 2.35. The summed E-state index contributed by atoms with van der Waals surface area (Å²) in [6, 6.07) is 13.6. The zero-order chi connectivity index (χ0) is 20.9. The highest BCUT2D eigenvalue weighted by molar-refractivity contribution is 7.98. The van der Waals surface area contributed by atoms with E-state index in [-0.39, 0.29) is 5.91 Å². The maximum atomic E-state index is 13.4. The summed E-state index contributed by atoms with van der Waals surface area (Å²) in [6.07, 6.45) is 0. The summed E-state index contributed by atoms with van der Waals surface area (Å²) in [7, 11) is 0. The number of para-hydroxylation sites is 1. The van der Waals surface area contributed by atoms with Gasteiger partial charge in [-0.05, 0) is 32.0 Å². The lowest BCUT2D eigenvalue weighted by molar-refractivity contribution is 0.0745. The van der Waals surface area contributed by atoms with E-state index < -0.39 is 0 Å². The van der Waals surface area contributed by atoms with Crippen molar-refractivity contribution in [3.8, 4) is 11.5 Å². The van der Waals surface area contributed by atoms with Crippen molar-refractivity contribution in [2.45, 2.75) is 31.0 Å². The van der Waals surface area contributed by atoms with Gasteiger partial charge in [-0.2, -0.15) is 0 Å². The fourth-order valence-electron chi connectivity index (χ4n) is 3.36. The molecule has 156 valence electrons. The number of thiazole rings is 1. The third-order valence-corrected chi connectivity index (χ3v) is 6.77. The summed E-state index contributed by atoms with van der Waals surface area (Å²) in [6.45, 7) is 6.17. The molecule has 5 nitrogen and oxygen atoms in total. The van der Waals surface area contributed by atoms with Gasteiger partial charge in [-0.25, -0.2) is 4.98 Å². The van der Waals surface area contributed by atoms with Gasteiger partial charge in [-0.1, -0.05) is 24.3 Å². The first kappa shape index (κ1) is 20.8. The van der Waals surface area contributed by atoms with E-state index in [0.29, 0.717) is 26.3 Å². The fourth-order valence-corrected chi connectivity index (χ4v) is 5.01. The first-order chi connectivity index (χ1) is 14.7. The minimum Gasteiger partial charge on any atom is -0.486 e. The minimum absolute atomic E-state index is 0.0180. The fraction of sp³-hybridized carbons (Fsp3) is 0.304. The van der Waals surface area contributed by atoms with Crippen molar-refractivity contribution >= 4 is 29.0 Å². The molecule has 0 saturated carbocycles. The molecule has 0 fully saturated rings. The molecule has 2 aromatic carbocycles. The quantitative estimate of drug-likeness (QED) is 0.474. The Kier molecular flexibility index (Phi) is 6.59. The molecule has 4 rings (SSSR count). The van der Waals surface area contributed by atoms with Crippen molar-refractivity contribution in [3.05, 3.63) is 69.7 Å². The molecule has 0 spiro atoms. The van der Waals surface area contributed by atoms with E-state index in [1.54, 1.807) is 23.1 Å². The number of aromatic nitrogens is 1. The molecule has 1 amide bonds. The lowest BCUT2D eigenvalue weighted by Crippen LogP contribution is -2.31. The number of fused-ring (bicyclic) bond motifs is 1. The first-order valence-electron chi connectivity index (χ1n) is 9.95. The zero-order valence-corrected chi connectivity index (χ0v) is 18.7. The van der Waals surface area contributed by atoms with Crippen LogP contribution >= 0.6 is 23.1 Å². The largest absolute Gasteiger partial charge is 0.486 e. The minimum atomic E-state index is 0.0180. The van der Waals surface area contributed by atoms with Gasteiger partial charge in [0.25, 0.3) is 5.91 Å². The van der Waals surface area contributed by atoms with Crippen LogP contribution in [0.4, 0.5) is 0 Å². The molecule has 0 aliphatic carbocycles. The van der Waals surface area contributed by atoms with E-state index in [4.69, 9.17) is 9.47 Å². The second kappa shape index (κ2) is 9.53. The number of rotatable bonds is 7. The summed E-state index contributed by atoms with van der Waals surface area (Å²) in [5.74, 6) is 2.26. The molecule has 1 aliphatic rings. The Hall–Kier alpha value is -2.51. The molecule has 0 unspecified atom stereocenters. The molecular weight excluding hydrogens is 416 g/mol. The Morgan fingerprint density at radius 2 is 2.00 bits per heavy atom. The molecular formula is C23H24N2O3S2. The third-order valence-electron chi connectivity index (χ3n) is 4.84. The van der Waals surface area contributed by atoms with Crippen LogP contribution in [0.15, 0.2) is 52.7 Å². The second-order valence-electron chi connectivity index (χ2n) is 6.90. The molecule has 30 heavy (non-hydrogen) atoms. The van der Waals surface area contributed by atoms with E-state index in [1.807, 2.05) is 61.2 Å². The molecule has 2 heterocycles. The van der Waals surface area contributed by atoms with Crippen LogP contribution in [0.1, 0.15) is 33.5 Å². The monoisotopic (exact) mass is 440 g/mol. The molecule has 1 aromatic heterocycles. The van der Waals surface area contributed by atoms with Gasteiger partial charge in [0.1, 0.15) is 13.2 Å². The lowest BCUT2D eigenvalue weighted by Gasteiger charge is -2.26. The van der Waals surface area contributed by atoms with Crippen LogP contribution in [0, 0.1) is 6.92 Å². The Morgan fingerprint density at radius 1 is 1.17 bits per heavy atom. The van der Waals surface area contributed by atoms with E-state index >= 15 is 0 Å². The van der Waals surface area contributed by atoms with Gasteiger partial charge in [0.05, 0.1) is 16.3 Å². The number of amides is 1. The third kappa shape index (κ3) is 4.63. The van der Waals surface area contributed by atoms with Gasteiger partial charge in [-0.3, -0.25) is 4.79 Å². The van der Waals surface area contributed by atoms with Gasteiger partial charge in [0, 0.05) is 34.7 Å². The van der Waals surface area contributed by atoms with Crippen molar-refractivity contribution in [2.24, 2.45) is 0 Å². The van der Waals surface area contributed by atoms with Crippen LogP contribution < -0.4 is 9.47 Å². The van der Waals surface area contributed by atoms with Gasteiger partial charge in [0.15, 0.2) is 11.5 Å². The van der Waals surface area contributed by atoms with Crippen LogP contribution in [-0.4, -0.2) is 35.5 Å². The topological polar surface area (TPSA) is 51.7 Å². The first-order valence-corrected chi connectivity index (χ1v) is 11.8. The predicted octanol–water partition coefficient (Wildman–Crippen LogP) is 5.18. The average Bonchev–Trinajstić information content (AvgIpc) is 3.21. The Bertz CT molecular complexity index is 1030. The Labute approximate surface area is 185 Å². The van der Waals surface area contributed by atoms with Crippen LogP contribution in [0.2, 0.25) is 0 Å². The second-order valence-corrected chi connectivity index (χ2v) is 8.98. The molecule has 0 atom stereocenters. The van der Waals surface area contributed by atoms with Crippen molar-refractivity contribution in [3.63, 3.8) is 0 Å². The lowest BCUT2D eigenvalue weighted by atomic mass is 10.1. The molecule has 1 aliphatic heterocycles. The van der Waals surface area contributed by atoms with Crippen molar-refractivity contribution in [1.82, 2.24) is 9.88 Å². The number of carbonyl (C=O) groups excluding carboxylic acids is 1. The number of hydrogen-bond donors (Lipinski definition) is 0. The smallest absolute Gasteiger partial charge is 0.255 e. The normalized spacial score (nSPS) is 12.6. The van der Waals surface area contributed by atoms with Crippen LogP contribution in [0.3, 0.4) is 0 Å². The molecule has 3 aromatic rings. The van der Waals surface area contributed by atoms with Crippen molar-refractivity contribution in [2.75, 3.05) is 19.8 Å². The maximum Gasteiger partial charge on any atom is 0.255 e. The van der Waals surface area contributed by atoms with Gasteiger partial charge in [-0.15, -0.1) is 23.1 Å². The van der Waals surface area contributed by atoms with Crippen molar-refractivity contribution < 1.29 is 14.3 Å². The summed E-state index contributed by atoms with van der Waals surface area (Å²) < 4.78 is 11.5. The van der Waals surface area contributed by atoms with Crippen LogP contribution in [0.25, 0.3) is 0 Å². The molecule has 0 radical (unpaired) electrons. The number of benzene rings is 2. The van der Waals surface area contributed by atoms with Crippen LogP contribution in [0.5, 0.6) is 11.5 Å². The highest BCUT2D eigenvalue weighted by atomic mass is 32.2. The maximum absolute atomic E-state index is 13.4. The number of carbonyl (C=O) groups is 1. The van der Waals surface area contributed by atoms with Gasteiger partial charge >= 0.3 is 0 Å². The summed E-state index contributed by atoms with van der Waals surface area (Å²) >= 11 is 3.30. The molecule has 7 heteroatoms. The summed E-state index contributed by atoms with van der Waals surface area (Å²) in [5, 5.41) is 3.13. The molecule has 0 saturated heterocycles. The van der Waals surface area contributed by atoms with E-state index in [2.05, 4.69) is 10.4 Å². The van der Waals surface area contributed by atoms with Crippen molar-refractivity contribution in [1.29, 1.82) is 0 Å². The number of thioether (sulfide) groups is 1. The van der Waals surface area contributed by atoms with E-state index in [1.165, 1.54) is 0 Å². The molecule has 0 bridgehead atoms. The highest BCUT2D eigenvalue weighted by Gasteiger charge is 2.22. The summed E-state index contributed by atoms with van der Waals surface area (Å²) in [4.78, 5) is 20.8. The standard InChI is InChI=1S/C23H24N2O3S2/c1-3-25(13-17-7-6-9-20-22(17)28-12-11-27-20)23(26)19-8-4-5-10-21(19)30-15-18-14-29-16(2)24-18/h4-10,14H,3,11-13,15H2,1-2H3. The summed E-state index contributed by atoms with van der Waals surface area (Å²) in [5.41, 5.74) is 2.73. The van der Waals surface area contributed by atoms with E-state index in [0.717, 1.165) is 44.0 Å². The van der Waals surface area contributed by atoms with Gasteiger partial charge in [0.2, 0.25) is 0 Å². The van der Waals surface area contributed by atoms with Gasteiger partial charge < -0.3 is 14.4 Å². The zero-order valence-electron chi connectivity index (χ0n) is 17.1. The number of aryl methyl sites for hydroxylation is 1. The number of hydrogen-bond acceptors (Lipinski definition) is 6.